The van der Waals surface area contributed by atoms with Gasteiger partial charge in [0.05, 0.1) is 22.5 Å². The van der Waals surface area contributed by atoms with Crippen molar-refractivity contribution in [1.29, 1.82) is 0 Å². The Bertz CT molecular complexity index is 1010. The molecule has 0 spiro atoms. The molecule has 0 aliphatic heterocycles. The molecule has 25 heavy (non-hydrogen) atoms. The number of rotatable bonds is 4. The number of benzene rings is 1. The number of nitrogens with one attached hydrogen (secondary N) is 1. The molecular weight excluding hydrogens is 312 g/mol. The maximum Gasteiger partial charge on any atom is 0.177 e. The molecule has 124 valence electrons. The van der Waals surface area contributed by atoms with Gasteiger partial charge in [0.25, 0.3) is 0 Å². The number of fused-ring (bicyclic) bond motifs is 1. The van der Waals surface area contributed by atoms with Crippen LogP contribution in [-0.2, 0) is 6.54 Å². The number of para-hydroxylation sites is 1. The minimum Gasteiger partial charge on any atom is -0.363 e. The van der Waals surface area contributed by atoms with E-state index in [0.29, 0.717) is 12.4 Å². The molecule has 3 heterocycles. The van der Waals surface area contributed by atoms with Crippen molar-refractivity contribution >= 4 is 16.7 Å². The van der Waals surface area contributed by atoms with E-state index in [-0.39, 0.29) is 0 Å². The first-order valence-electron chi connectivity index (χ1n) is 8.15. The zero-order valence-corrected chi connectivity index (χ0v) is 14.1. The fourth-order valence-electron chi connectivity index (χ4n) is 2.95. The molecule has 0 unspecified atom stereocenters. The Hall–Kier alpha value is -3.28. The number of hydrogen-bond acceptors (Lipinski definition) is 5. The predicted molar refractivity (Wildman–Crippen MR) is 97.7 cm³/mol. The second-order valence-electron chi connectivity index (χ2n) is 5.91. The molecule has 0 atom stereocenters. The van der Waals surface area contributed by atoms with Gasteiger partial charge in [-0.15, -0.1) is 5.10 Å². The van der Waals surface area contributed by atoms with Gasteiger partial charge in [-0.05, 0) is 37.6 Å². The topological polar surface area (TPSA) is 68.5 Å². The molecule has 0 saturated heterocycles. The summed E-state index contributed by atoms with van der Waals surface area (Å²) in [6.45, 7) is 4.64. The molecule has 0 amide bonds. The van der Waals surface area contributed by atoms with E-state index in [0.717, 1.165) is 33.5 Å². The predicted octanol–water partition coefficient (Wildman–Crippen LogP) is 3.44. The number of aryl methyl sites for hydroxylation is 2. The van der Waals surface area contributed by atoms with Crippen molar-refractivity contribution in [2.75, 3.05) is 5.32 Å². The molecule has 4 aromatic rings. The first-order valence-corrected chi connectivity index (χ1v) is 8.15. The van der Waals surface area contributed by atoms with Crippen LogP contribution in [-0.4, -0.2) is 25.0 Å². The molecule has 0 bridgehead atoms. The summed E-state index contributed by atoms with van der Waals surface area (Å²) >= 11 is 0. The monoisotopic (exact) mass is 330 g/mol. The van der Waals surface area contributed by atoms with Crippen molar-refractivity contribution in [2.24, 2.45) is 0 Å². The second kappa shape index (κ2) is 6.32. The van der Waals surface area contributed by atoms with Crippen LogP contribution in [0.1, 0.15) is 17.0 Å². The van der Waals surface area contributed by atoms with E-state index in [2.05, 4.69) is 27.4 Å². The Morgan fingerprint density at radius 1 is 1.00 bits per heavy atom. The zero-order valence-electron chi connectivity index (χ0n) is 14.1. The summed E-state index contributed by atoms with van der Waals surface area (Å²) in [5, 5.41) is 17.8. The first-order chi connectivity index (χ1) is 12.2. The highest BCUT2D eigenvalue weighted by Gasteiger charge is 2.16. The minimum atomic E-state index is 0.623. The molecule has 6 nitrogen and oxygen atoms in total. The Kier molecular flexibility index (Phi) is 3.85. The van der Waals surface area contributed by atoms with Gasteiger partial charge in [0, 0.05) is 18.9 Å². The maximum absolute atomic E-state index is 4.79. The molecule has 6 heteroatoms. The van der Waals surface area contributed by atoms with Crippen molar-refractivity contribution in [1.82, 2.24) is 25.0 Å². The number of nitrogens with zero attached hydrogens (tertiary/aromatic N) is 5. The first kappa shape index (κ1) is 15.3. The van der Waals surface area contributed by atoms with Crippen molar-refractivity contribution in [3.63, 3.8) is 0 Å². The third kappa shape index (κ3) is 2.82. The maximum atomic E-state index is 4.79. The van der Waals surface area contributed by atoms with Crippen LogP contribution in [0.25, 0.3) is 16.6 Å². The van der Waals surface area contributed by atoms with E-state index in [4.69, 9.17) is 5.10 Å². The number of anilines is 1. The van der Waals surface area contributed by atoms with Crippen LogP contribution in [0.3, 0.4) is 0 Å². The molecule has 4 rings (SSSR count). The molecule has 1 aromatic carbocycles. The highest BCUT2D eigenvalue weighted by atomic mass is 15.3. The van der Waals surface area contributed by atoms with Crippen LogP contribution < -0.4 is 5.32 Å². The third-order valence-electron chi connectivity index (χ3n) is 4.19. The van der Waals surface area contributed by atoms with E-state index in [1.165, 1.54) is 0 Å². The van der Waals surface area contributed by atoms with Gasteiger partial charge >= 0.3 is 0 Å². The Morgan fingerprint density at radius 3 is 2.60 bits per heavy atom. The highest BCUT2D eigenvalue weighted by Crippen LogP contribution is 2.27. The molecule has 0 aliphatic rings. The third-order valence-corrected chi connectivity index (χ3v) is 4.19. The van der Waals surface area contributed by atoms with Gasteiger partial charge in [0.2, 0.25) is 0 Å². The largest absolute Gasteiger partial charge is 0.363 e. The summed E-state index contributed by atoms with van der Waals surface area (Å²) in [5.41, 5.74) is 4.86. The van der Waals surface area contributed by atoms with Gasteiger partial charge in [0.1, 0.15) is 5.52 Å². The molecule has 0 fully saturated rings. The number of pyridine rings is 1. The summed E-state index contributed by atoms with van der Waals surface area (Å²) in [4.78, 5) is 4.14. The quantitative estimate of drug-likeness (QED) is 0.621. The Morgan fingerprint density at radius 2 is 1.84 bits per heavy atom. The van der Waals surface area contributed by atoms with Crippen LogP contribution in [0.15, 0.2) is 54.9 Å². The second-order valence-corrected chi connectivity index (χ2v) is 5.91. The van der Waals surface area contributed by atoms with E-state index < -0.39 is 0 Å². The van der Waals surface area contributed by atoms with Gasteiger partial charge in [-0.2, -0.15) is 10.2 Å². The summed E-state index contributed by atoms with van der Waals surface area (Å²) < 4.78 is 1.94. The number of hydrogen-bond donors (Lipinski definition) is 1. The van der Waals surface area contributed by atoms with Gasteiger partial charge in [-0.3, -0.25) is 4.98 Å². The van der Waals surface area contributed by atoms with E-state index in [1.807, 2.05) is 60.3 Å². The van der Waals surface area contributed by atoms with Crippen LogP contribution in [0.4, 0.5) is 5.82 Å². The fraction of sp³-hybridized carbons (Fsp3) is 0.158. The summed E-state index contributed by atoms with van der Waals surface area (Å²) in [6, 6.07) is 14.0. The minimum absolute atomic E-state index is 0.623. The van der Waals surface area contributed by atoms with Crippen molar-refractivity contribution in [2.45, 2.75) is 20.4 Å². The normalized spacial score (nSPS) is 11.0. The average Bonchev–Trinajstić information content (AvgIpc) is 3.01. The van der Waals surface area contributed by atoms with Gasteiger partial charge < -0.3 is 5.32 Å². The van der Waals surface area contributed by atoms with Gasteiger partial charge in [-0.25, -0.2) is 4.68 Å². The summed E-state index contributed by atoms with van der Waals surface area (Å²) in [7, 11) is 0. The van der Waals surface area contributed by atoms with Crippen LogP contribution in [0, 0.1) is 13.8 Å². The van der Waals surface area contributed by atoms with Crippen molar-refractivity contribution < 1.29 is 0 Å². The Balaban J connectivity index is 1.77. The summed E-state index contributed by atoms with van der Waals surface area (Å²) in [5.74, 6) is 0.683. The van der Waals surface area contributed by atoms with Crippen molar-refractivity contribution in [3.8, 4) is 5.69 Å². The van der Waals surface area contributed by atoms with E-state index in [1.54, 1.807) is 6.20 Å². The van der Waals surface area contributed by atoms with Crippen molar-refractivity contribution in [3.05, 3.63) is 71.8 Å². The standard InChI is InChI=1S/C19H18N6/c1-13-17-14(2)25(16-8-4-3-5-9-16)24-18(17)19(23-22-13)21-12-15-7-6-10-20-11-15/h3-11H,12H2,1-2H3,(H,21,23). The fourth-order valence-corrected chi connectivity index (χ4v) is 2.95. The highest BCUT2D eigenvalue weighted by molar-refractivity contribution is 5.91. The van der Waals surface area contributed by atoms with Crippen LogP contribution in [0.2, 0.25) is 0 Å². The molecule has 0 aliphatic carbocycles. The van der Waals surface area contributed by atoms with Crippen LogP contribution in [0.5, 0.6) is 0 Å². The number of aromatic nitrogens is 5. The summed E-state index contributed by atoms with van der Waals surface area (Å²) in [6.07, 6.45) is 3.60. The zero-order chi connectivity index (χ0) is 17.2. The lowest BCUT2D eigenvalue weighted by molar-refractivity contribution is 0.860. The lowest BCUT2D eigenvalue weighted by atomic mass is 10.2. The van der Waals surface area contributed by atoms with Crippen LogP contribution >= 0.6 is 0 Å². The average molecular weight is 330 g/mol. The SMILES string of the molecule is Cc1nnc(NCc2cccnc2)c2nn(-c3ccccc3)c(C)c12. The Labute approximate surface area is 145 Å². The van der Waals surface area contributed by atoms with E-state index >= 15 is 0 Å². The van der Waals surface area contributed by atoms with E-state index in [9.17, 15) is 0 Å². The molecule has 3 aromatic heterocycles. The molecule has 0 radical (unpaired) electrons. The lowest BCUT2D eigenvalue weighted by Gasteiger charge is -2.06. The molecule has 0 saturated carbocycles. The lowest BCUT2D eigenvalue weighted by Crippen LogP contribution is -2.04. The van der Waals surface area contributed by atoms with Gasteiger partial charge in [-0.1, -0.05) is 24.3 Å². The van der Waals surface area contributed by atoms with Gasteiger partial charge in [0.15, 0.2) is 5.82 Å². The molecular formula is C19H18N6. The molecule has 1 N–H and O–H groups in total. The smallest absolute Gasteiger partial charge is 0.177 e.